The maximum absolute atomic E-state index is 14.4. The second-order valence-corrected chi connectivity index (χ2v) is 7.16. The maximum Gasteiger partial charge on any atom is 0.173 e. The van der Waals surface area contributed by atoms with Gasteiger partial charge in [0.2, 0.25) is 0 Å². The Balaban J connectivity index is 1.50. The van der Waals surface area contributed by atoms with Crippen molar-refractivity contribution in [2.45, 2.75) is 39.0 Å². The molecule has 5 rings (SSSR count). The van der Waals surface area contributed by atoms with E-state index in [1.165, 1.54) is 19.3 Å². The van der Waals surface area contributed by atoms with Crippen LogP contribution in [0.25, 0.3) is 11.2 Å². The third kappa shape index (κ3) is 2.46. The summed E-state index contributed by atoms with van der Waals surface area (Å²) < 4.78 is 16.2. The highest BCUT2D eigenvalue weighted by atomic mass is 19.1. The van der Waals surface area contributed by atoms with Gasteiger partial charge < -0.3 is 4.40 Å². The van der Waals surface area contributed by atoms with Gasteiger partial charge in [-0.15, -0.1) is 0 Å². The number of aromatic nitrogens is 4. The topological polar surface area (TPSA) is 43.1 Å². The van der Waals surface area contributed by atoms with Gasteiger partial charge in [-0.05, 0) is 24.5 Å². The minimum atomic E-state index is -0.303. The van der Waals surface area contributed by atoms with Crippen molar-refractivity contribution in [3.63, 3.8) is 0 Å². The van der Waals surface area contributed by atoms with Crippen LogP contribution in [0.15, 0.2) is 30.7 Å². The molecule has 3 aromatic heterocycles. The van der Waals surface area contributed by atoms with Gasteiger partial charge in [-0.25, -0.2) is 19.3 Å². The summed E-state index contributed by atoms with van der Waals surface area (Å²) >= 11 is 0. The van der Waals surface area contributed by atoms with Gasteiger partial charge in [0, 0.05) is 42.6 Å². The fourth-order valence-electron chi connectivity index (χ4n) is 3.80. The summed E-state index contributed by atoms with van der Waals surface area (Å²) in [6.45, 7) is 1.87. The molecular weight excluding hydrogens is 315 g/mol. The van der Waals surface area contributed by atoms with Crippen LogP contribution in [-0.2, 0) is 12.8 Å². The molecule has 3 aromatic rings. The van der Waals surface area contributed by atoms with Gasteiger partial charge in [0.15, 0.2) is 11.5 Å². The van der Waals surface area contributed by atoms with Crippen molar-refractivity contribution in [2.75, 3.05) is 0 Å². The van der Waals surface area contributed by atoms with Crippen molar-refractivity contribution in [3.05, 3.63) is 64.9 Å². The highest BCUT2D eigenvalue weighted by Gasteiger charge is 2.23. The molecule has 0 aromatic carbocycles. The van der Waals surface area contributed by atoms with Gasteiger partial charge in [-0.1, -0.05) is 25.3 Å². The van der Waals surface area contributed by atoms with E-state index in [-0.39, 0.29) is 5.82 Å². The van der Waals surface area contributed by atoms with Gasteiger partial charge in [-0.2, -0.15) is 0 Å². The Labute approximate surface area is 145 Å². The molecule has 0 amide bonds. The van der Waals surface area contributed by atoms with Crippen molar-refractivity contribution >= 4 is 11.2 Å². The molecule has 0 atom stereocenters. The van der Waals surface area contributed by atoms with Crippen molar-refractivity contribution in [2.24, 2.45) is 5.92 Å². The molecule has 25 heavy (non-hydrogen) atoms. The molecule has 0 aliphatic heterocycles. The van der Waals surface area contributed by atoms with E-state index >= 15 is 0 Å². The normalized spacial score (nSPS) is 16.8. The van der Waals surface area contributed by atoms with E-state index in [1.807, 2.05) is 25.5 Å². The zero-order valence-corrected chi connectivity index (χ0v) is 14.2. The van der Waals surface area contributed by atoms with Gasteiger partial charge in [0.05, 0.1) is 11.4 Å². The summed E-state index contributed by atoms with van der Waals surface area (Å²) in [5.41, 5.74) is 5.11. The molecule has 0 bridgehead atoms. The number of allylic oxidation sites excluding steroid dienone is 1. The number of pyridine rings is 1. The van der Waals surface area contributed by atoms with E-state index in [4.69, 9.17) is 4.98 Å². The number of aryl methyl sites for hydroxylation is 1. The van der Waals surface area contributed by atoms with Crippen LogP contribution in [0.2, 0.25) is 0 Å². The molecule has 0 radical (unpaired) electrons. The molecule has 2 aliphatic rings. The smallest absolute Gasteiger partial charge is 0.173 e. The second kappa shape index (κ2) is 5.48. The fourth-order valence-corrected chi connectivity index (χ4v) is 3.80. The first kappa shape index (κ1) is 14.8. The number of hydrogen-bond acceptors (Lipinski definition) is 3. The molecule has 0 unspecified atom stereocenters. The zero-order valence-electron chi connectivity index (χ0n) is 14.2. The Morgan fingerprint density at radius 2 is 2.12 bits per heavy atom. The molecule has 3 heterocycles. The predicted octanol–water partition coefficient (Wildman–Crippen LogP) is 3.90. The van der Waals surface area contributed by atoms with Crippen LogP contribution in [0.1, 0.15) is 47.6 Å². The van der Waals surface area contributed by atoms with Crippen molar-refractivity contribution < 1.29 is 4.39 Å². The van der Waals surface area contributed by atoms with E-state index in [9.17, 15) is 4.39 Å². The van der Waals surface area contributed by atoms with Crippen LogP contribution < -0.4 is 0 Å². The highest BCUT2D eigenvalue weighted by Crippen LogP contribution is 2.33. The first-order chi connectivity index (χ1) is 12.2. The Hall–Kier alpha value is -2.56. The standard InChI is InChI=1S/C20H19FN4/c1-12-10-25-11-14(8-17(21)20(25)23-12)15-5-6-18-16(15)9-22-19(24-18)7-13-3-2-4-13/h5,8-11,13H,2-4,6-7H2,1H3. The van der Waals surface area contributed by atoms with Crippen LogP contribution in [0, 0.1) is 18.7 Å². The van der Waals surface area contributed by atoms with E-state index < -0.39 is 0 Å². The Morgan fingerprint density at radius 3 is 2.92 bits per heavy atom. The van der Waals surface area contributed by atoms with Crippen LogP contribution in [0.5, 0.6) is 0 Å². The third-order valence-electron chi connectivity index (χ3n) is 5.34. The number of nitrogens with zero attached hydrogens (tertiary/aromatic N) is 4. The van der Waals surface area contributed by atoms with Crippen molar-refractivity contribution in [3.8, 4) is 0 Å². The lowest BCUT2D eigenvalue weighted by atomic mass is 9.83. The quantitative estimate of drug-likeness (QED) is 0.729. The lowest BCUT2D eigenvalue weighted by molar-refractivity contribution is 0.309. The maximum atomic E-state index is 14.4. The number of halogens is 1. The molecule has 1 fully saturated rings. The summed E-state index contributed by atoms with van der Waals surface area (Å²) in [5, 5.41) is 0. The van der Waals surface area contributed by atoms with Gasteiger partial charge in [0.1, 0.15) is 5.82 Å². The number of hydrogen-bond donors (Lipinski definition) is 0. The summed E-state index contributed by atoms with van der Waals surface area (Å²) in [4.78, 5) is 13.6. The molecule has 5 heteroatoms. The van der Waals surface area contributed by atoms with Gasteiger partial charge in [-0.3, -0.25) is 0 Å². The minimum Gasteiger partial charge on any atom is -0.304 e. The molecule has 0 spiro atoms. The monoisotopic (exact) mass is 334 g/mol. The number of rotatable bonds is 3. The summed E-state index contributed by atoms with van der Waals surface area (Å²) in [7, 11) is 0. The average molecular weight is 334 g/mol. The zero-order chi connectivity index (χ0) is 17.0. The number of fused-ring (bicyclic) bond motifs is 2. The molecule has 0 N–H and O–H groups in total. The lowest BCUT2D eigenvalue weighted by Gasteiger charge is -2.24. The predicted molar refractivity (Wildman–Crippen MR) is 93.7 cm³/mol. The SMILES string of the molecule is Cc1cn2cc(C3=CCc4nc(CC5CCC5)ncc43)cc(F)c2n1. The Bertz CT molecular complexity index is 1010. The third-order valence-corrected chi connectivity index (χ3v) is 5.34. The van der Waals surface area contributed by atoms with E-state index in [2.05, 4.69) is 16.0 Å². The number of imidazole rings is 1. The van der Waals surface area contributed by atoms with Crippen molar-refractivity contribution in [1.29, 1.82) is 0 Å². The second-order valence-electron chi connectivity index (χ2n) is 7.16. The van der Waals surface area contributed by atoms with Gasteiger partial charge >= 0.3 is 0 Å². The van der Waals surface area contributed by atoms with Crippen LogP contribution in [0.3, 0.4) is 0 Å². The highest BCUT2D eigenvalue weighted by molar-refractivity contribution is 5.83. The van der Waals surface area contributed by atoms with Crippen molar-refractivity contribution in [1.82, 2.24) is 19.4 Å². The van der Waals surface area contributed by atoms with Crippen LogP contribution >= 0.6 is 0 Å². The Morgan fingerprint density at radius 1 is 1.24 bits per heavy atom. The first-order valence-corrected chi connectivity index (χ1v) is 8.88. The van der Waals surface area contributed by atoms with Crippen LogP contribution in [-0.4, -0.2) is 19.4 Å². The molecule has 126 valence electrons. The molecule has 1 saturated carbocycles. The fraction of sp³-hybridized carbons (Fsp3) is 0.350. The molecule has 0 saturated heterocycles. The first-order valence-electron chi connectivity index (χ1n) is 8.88. The van der Waals surface area contributed by atoms with E-state index in [1.54, 1.807) is 10.5 Å². The minimum absolute atomic E-state index is 0.303. The molecule has 2 aliphatic carbocycles. The Kier molecular flexibility index (Phi) is 3.23. The largest absolute Gasteiger partial charge is 0.304 e. The lowest BCUT2D eigenvalue weighted by Crippen LogP contribution is -2.16. The summed E-state index contributed by atoms with van der Waals surface area (Å²) in [5.74, 6) is 1.40. The van der Waals surface area contributed by atoms with Gasteiger partial charge in [0.25, 0.3) is 0 Å². The summed E-state index contributed by atoms with van der Waals surface area (Å²) in [6, 6.07) is 1.56. The average Bonchev–Trinajstić information content (AvgIpc) is 3.13. The van der Waals surface area contributed by atoms with Crippen LogP contribution in [0.4, 0.5) is 4.39 Å². The summed E-state index contributed by atoms with van der Waals surface area (Å²) in [6.07, 6.45) is 13.5. The molecular formula is C20H19FN4. The van der Waals surface area contributed by atoms with E-state index in [0.717, 1.165) is 52.7 Å². The van der Waals surface area contributed by atoms with E-state index in [0.29, 0.717) is 5.65 Å². The molecule has 4 nitrogen and oxygen atoms in total.